The van der Waals surface area contributed by atoms with Gasteiger partial charge in [-0.1, -0.05) is 17.9 Å². The average molecular weight is 513 g/mol. The Labute approximate surface area is 181 Å². The standard InChI is InChI=1S/C19H26F3N3O2.HI/c1-3-23-18(25-11-6-12-27-14-13-26-2)24-10-5-8-16-7-4-9-17(15-16)19(20,21)22;/h4,7,9,15H,3,6,10-14H2,1-2H3,(H2,23,24,25);1H. The number of alkyl halides is 3. The molecule has 0 amide bonds. The molecule has 28 heavy (non-hydrogen) atoms. The Morgan fingerprint density at radius 3 is 2.64 bits per heavy atom. The topological polar surface area (TPSA) is 54.9 Å². The van der Waals surface area contributed by atoms with E-state index < -0.39 is 11.7 Å². The number of methoxy groups -OCH3 is 1. The molecule has 158 valence electrons. The molecule has 1 aromatic rings. The van der Waals surface area contributed by atoms with E-state index in [1.807, 2.05) is 6.92 Å². The zero-order valence-electron chi connectivity index (χ0n) is 16.1. The van der Waals surface area contributed by atoms with Crippen molar-refractivity contribution < 1.29 is 22.6 Å². The van der Waals surface area contributed by atoms with Gasteiger partial charge in [-0.3, -0.25) is 4.99 Å². The van der Waals surface area contributed by atoms with E-state index in [0.29, 0.717) is 44.4 Å². The zero-order valence-corrected chi connectivity index (χ0v) is 18.4. The third-order valence-electron chi connectivity index (χ3n) is 3.26. The molecule has 0 radical (unpaired) electrons. The molecular weight excluding hydrogens is 486 g/mol. The van der Waals surface area contributed by atoms with Crippen LogP contribution in [0.15, 0.2) is 29.3 Å². The number of aliphatic imine (C=N–C) groups is 1. The van der Waals surface area contributed by atoms with Gasteiger partial charge in [0.05, 0.1) is 25.3 Å². The molecule has 2 N–H and O–H groups in total. The van der Waals surface area contributed by atoms with Gasteiger partial charge in [-0.05, 0) is 31.5 Å². The minimum absolute atomic E-state index is 0. The van der Waals surface area contributed by atoms with Crippen molar-refractivity contribution in [1.29, 1.82) is 0 Å². The van der Waals surface area contributed by atoms with Crippen LogP contribution in [0, 0.1) is 11.8 Å². The van der Waals surface area contributed by atoms with Gasteiger partial charge in [0.15, 0.2) is 5.96 Å². The summed E-state index contributed by atoms with van der Waals surface area (Å²) in [5, 5.41) is 6.11. The normalized spacial score (nSPS) is 11.2. The lowest BCUT2D eigenvalue weighted by atomic mass is 10.1. The van der Waals surface area contributed by atoms with E-state index in [-0.39, 0.29) is 30.5 Å². The van der Waals surface area contributed by atoms with Gasteiger partial charge in [-0.2, -0.15) is 13.2 Å². The minimum Gasteiger partial charge on any atom is -0.382 e. The molecule has 0 aliphatic heterocycles. The van der Waals surface area contributed by atoms with E-state index in [4.69, 9.17) is 9.47 Å². The summed E-state index contributed by atoms with van der Waals surface area (Å²) in [6.45, 7) is 5.22. The fourth-order valence-corrected chi connectivity index (χ4v) is 1.99. The molecule has 0 fully saturated rings. The third-order valence-corrected chi connectivity index (χ3v) is 3.26. The summed E-state index contributed by atoms with van der Waals surface area (Å²) in [7, 11) is 1.62. The monoisotopic (exact) mass is 513 g/mol. The second kappa shape index (κ2) is 15.4. The van der Waals surface area contributed by atoms with E-state index in [2.05, 4.69) is 27.5 Å². The first kappa shape index (κ1) is 26.5. The van der Waals surface area contributed by atoms with Crippen molar-refractivity contribution in [3.05, 3.63) is 35.4 Å². The Kier molecular flexibility index (Phi) is 14.6. The fraction of sp³-hybridized carbons (Fsp3) is 0.526. The smallest absolute Gasteiger partial charge is 0.382 e. The highest BCUT2D eigenvalue weighted by atomic mass is 127. The van der Waals surface area contributed by atoms with E-state index in [1.54, 1.807) is 13.2 Å². The van der Waals surface area contributed by atoms with Crippen LogP contribution in [-0.2, 0) is 15.7 Å². The summed E-state index contributed by atoms with van der Waals surface area (Å²) in [5.41, 5.74) is -0.383. The second-order valence-electron chi connectivity index (χ2n) is 5.45. The molecule has 0 spiro atoms. The number of benzene rings is 1. The molecule has 1 aromatic carbocycles. The Balaban J connectivity index is 0.00000729. The minimum atomic E-state index is -4.37. The lowest BCUT2D eigenvalue weighted by Crippen LogP contribution is -2.37. The summed E-state index contributed by atoms with van der Waals surface area (Å²) in [4.78, 5) is 4.39. The highest BCUT2D eigenvalue weighted by Crippen LogP contribution is 2.29. The molecule has 0 saturated heterocycles. The highest BCUT2D eigenvalue weighted by Gasteiger charge is 2.30. The molecule has 5 nitrogen and oxygen atoms in total. The van der Waals surface area contributed by atoms with E-state index >= 15 is 0 Å². The lowest BCUT2D eigenvalue weighted by molar-refractivity contribution is -0.137. The molecule has 0 aliphatic carbocycles. The summed E-state index contributed by atoms with van der Waals surface area (Å²) in [5.74, 6) is 6.13. The molecular formula is C19H27F3IN3O2. The molecule has 0 atom stereocenters. The van der Waals surface area contributed by atoms with E-state index in [9.17, 15) is 13.2 Å². The molecule has 1 rings (SSSR count). The van der Waals surface area contributed by atoms with Crippen LogP contribution in [-0.4, -0.2) is 52.5 Å². The number of ether oxygens (including phenoxy) is 2. The summed E-state index contributed by atoms with van der Waals surface area (Å²) in [6.07, 6.45) is -3.59. The van der Waals surface area contributed by atoms with Crippen molar-refractivity contribution in [2.24, 2.45) is 4.99 Å². The number of rotatable bonds is 9. The SMILES string of the molecule is CCNC(=NCCCOCCOC)NCC#Cc1cccc(C(F)(F)F)c1.I. The van der Waals surface area contributed by atoms with Crippen LogP contribution >= 0.6 is 24.0 Å². The Bertz CT molecular complexity index is 643. The molecule has 0 saturated carbocycles. The lowest BCUT2D eigenvalue weighted by Gasteiger charge is -2.09. The summed E-state index contributed by atoms with van der Waals surface area (Å²) < 4.78 is 48.3. The van der Waals surface area contributed by atoms with Gasteiger partial charge in [0.2, 0.25) is 0 Å². The number of hydrogen-bond acceptors (Lipinski definition) is 3. The maximum Gasteiger partial charge on any atom is 0.416 e. The number of guanidine groups is 1. The molecule has 0 unspecified atom stereocenters. The van der Waals surface area contributed by atoms with Crippen molar-refractivity contribution >= 4 is 29.9 Å². The third kappa shape index (κ3) is 12.0. The van der Waals surface area contributed by atoms with Crippen molar-refractivity contribution in [1.82, 2.24) is 10.6 Å². The first-order valence-electron chi connectivity index (χ1n) is 8.72. The fourth-order valence-electron chi connectivity index (χ4n) is 1.99. The molecule has 0 aliphatic rings. The van der Waals surface area contributed by atoms with Crippen molar-refractivity contribution in [3.63, 3.8) is 0 Å². The first-order chi connectivity index (χ1) is 13.0. The average Bonchev–Trinajstić information content (AvgIpc) is 2.64. The molecule has 0 bridgehead atoms. The maximum absolute atomic E-state index is 12.7. The summed E-state index contributed by atoms with van der Waals surface area (Å²) in [6, 6.07) is 4.96. The number of nitrogens with one attached hydrogen (secondary N) is 2. The van der Waals surface area contributed by atoms with Crippen molar-refractivity contribution in [2.75, 3.05) is 46.6 Å². The van der Waals surface area contributed by atoms with Crippen molar-refractivity contribution in [3.8, 4) is 11.8 Å². The largest absolute Gasteiger partial charge is 0.416 e. The Morgan fingerprint density at radius 1 is 1.18 bits per heavy atom. The van der Waals surface area contributed by atoms with Crippen LogP contribution in [0.4, 0.5) is 13.2 Å². The first-order valence-corrected chi connectivity index (χ1v) is 8.72. The number of hydrogen-bond donors (Lipinski definition) is 2. The van der Waals surface area contributed by atoms with E-state index in [0.717, 1.165) is 18.6 Å². The zero-order chi connectivity index (χ0) is 20.0. The molecule has 9 heteroatoms. The van der Waals surface area contributed by atoms with Gasteiger partial charge < -0.3 is 20.1 Å². The number of nitrogens with zero attached hydrogens (tertiary/aromatic N) is 1. The van der Waals surface area contributed by atoms with E-state index in [1.165, 1.54) is 6.07 Å². The number of halogens is 4. The van der Waals surface area contributed by atoms with Crippen LogP contribution in [0.1, 0.15) is 24.5 Å². The van der Waals surface area contributed by atoms with Gasteiger partial charge in [0.25, 0.3) is 0 Å². The van der Waals surface area contributed by atoms with Crippen LogP contribution in [0.2, 0.25) is 0 Å². The van der Waals surface area contributed by atoms with Gasteiger partial charge >= 0.3 is 6.18 Å². The Hall–Kier alpha value is -1.51. The maximum atomic E-state index is 12.7. The predicted octanol–water partition coefficient (Wildman–Crippen LogP) is 3.28. The van der Waals surface area contributed by atoms with Crippen LogP contribution in [0.3, 0.4) is 0 Å². The van der Waals surface area contributed by atoms with Crippen LogP contribution in [0.5, 0.6) is 0 Å². The Morgan fingerprint density at radius 2 is 1.96 bits per heavy atom. The van der Waals surface area contributed by atoms with Gasteiger partial charge in [0.1, 0.15) is 0 Å². The van der Waals surface area contributed by atoms with Gasteiger partial charge in [-0.25, -0.2) is 0 Å². The van der Waals surface area contributed by atoms with Crippen LogP contribution < -0.4 is 10.6 Å². The quantitative estimate of drug-likeness (QED) is 0.175. The second-order valence-corrected chi connectivity index (χ2v) is 5.45. The summed E-state index contributed by atoms with van der Waals surface area (Å²) >= 11 is 0. The van der Waals surface area contributed by atoms with Crippen molar-refractivity contribution in [2.45, 2.75) is 19.5 Å². The molecule has 0 heterocycles. The molecule has 0 aromatic heterocycles. The highest BCUT2D eigenvalue weighted by molar-refractivity contribution is 14.0. The van der Waals surface area contributed by atoms with Gasteiger partial charge in [0, 0.05) is 32.4 Å². The predicted molar refractivity (Wildman–Crippen MR) is 115 cm³/mol. The van der Waals surface area contributed by atoms with Crippen LogP contribution in [0.25, 0.3) is 0 Å². The van der Waals surface area contributed by atoms with Gasteiger partial charge in [-0.15, -0.1) is 24.0 Å².